The van der Waals surface area contributed by atoms with Crippen molar-refractivity contribution >= 4 is 5.84 Å². The highest BCUT2D eigenvalue weighted by atomic mass is 14.8. The van der Waals surface area contributed by atoms with Crippen molar-refractivity contribution < 1.29 is 0 Å². The van der Waals surface area contributed by atoms with Gasteiger partial charge in [-0.05, 0) is 17.5 Å². The normalized spacial score (nSPS) is 12.2. The molecule has 0 aliphatic carbocycles. The molecule has 2 N–H and O–H groups in total. The van der Waals surface area contributed by atoms with Crippen LogP contribution in [0, 0.1) is 0 Å². The van der Waals surface area contributed by atoms with E-state index in [1.165, 1.54) is 5.56 Å². The lowest BCUT2D eigenvalue weighted by atomic mass is 10.0. The highest BCUT2D eigenvalue weighted by molar-refractivity contribution is 5.97. The summed E-state index contributed by atoms with van der Waals surface area (Å²) in [7, 11) is 1.71. The summed E-state index contributed by atoms with van der Waals surface area (Å²) in [5, 5.41) is 0. The molecular formula is C11H16N2. The van der Waals surface area contributed by atoms with Crippen LogP contribution in [0.1, 0.15) is 30.9 Å². The number of hydrogen-bond acceptors (Lipinski definition) is 1. The van der Waals surface area contributed by atoms with Crippen LogP contribution in [0.25, 0.3) is 0 Å². The lowest BCUT2D eigenvalue weighted by molar-refractivity contribution is 0.866. The molecule has 2 nitrogen and oxygen atoms in total. The number of nitrogens with zero attached hydrogens (tertiary/aromatic N) is 1. The van der Waals surface area contributed by atoms with Gasteiger partial charge in [0.25, 0.3) is 0 Å². The summed E-state index contributed by atoms with van der Waals surface area (Å²) in [6.07, 6.45) is 0. The van der Waals surface area contributed by atoms with E-state index in [1.807, 2.05) is 12.1 Å². The van der Waals surface area contributed by atoms with Crippen molar-refractivity contribution in [3.63, 3.8) is 0 Å². The van der Waals surface area contributed by atoms with Crippen molar-refractivity contribution in [2.45, 2.75) is 19.8 Å². The summed E-state index contributed by atoms with van der Waals surface area (Å²) in [5.41, 5.74) is 8.02. The van der Waals surface area contributed by atoms with Crippen LogP contribution in [-0.2, 0) is 0 Å². The van der Waals surface area contributed by atoms with E-state index >= 15 is 0 Å². The minimum Gasteiger partial charge on any atom is -0.384 e. The van der Waals surface area contributed by atoms with Crippen molar-refractivity contribution in [3.05, 3.63) is 35.4 Å². The number of nitrogens with two attached hydrogens (primary N) is 1. The molecule has 0 spiro atoms. The van der Waals surface area contributed by atoms with E-state index in [1.54, 1.807) is 7.05 Å². The quantitative estimate of drug-likeness (QED) is 0.544. The third-order valence-electron chi connectivity index (χ3n) is 2.09. The summed E-state index contributed by atoms with van der Waals surface area (Å²) in [6, 6.07) is 8.20. The van der Waals surface area contributed by atoms with Crippen molar-refractivity contribution in [2.24, 2.45) is 10.7 Å². The first-order valence-corrected chi connectivity index (χ1v) is 4.47. The molecule has 0 aliphatic heterocycles. The van der Waals surface area contributed by atoms with Crippen molar-refractivity contribution in [3.8, 4) is 0 Å². The number of hydrogen-bond donors (Lipinski definition) is 1. The lowest BCUT2D eigenvalue weighted by Crippen LogP contribution is -2.13. The number of rotatable bonds is 2. The Morgan fingerprint density at radius 2 is 2.08 bits per heavy atom. The van der Waals surface area contributed by atoms with Crippen LogP contribution >= 0.6 is 0 Å². The van der Waals surface area contributed by atoms with Gasteiger partial charge in [0.2, 0.25) is 0 Å². The highest BCUT2D eigenvalue weighted by Gasteiger charge is 2.01. The van der Waals surface area contributed by atoms with Gasteiger partial charge in [-0.3, -0.25) is 4.99 Å². The first-order chi connectivity index (χ1) is 6.15. The van der Waals surface area contributed by atoms with E-state index in [0.717, 1.165) is 5.56 Å². The zero-order valence-corrected chi connectivity index (χ0v) is 8.41. The van der Waals surface area contributed by atoms with Gasteiger partial charge >= 0.3 is 0 Å². The summed E-state index contributed by atoms with van der Waals surface area (Å²) in [6.45, 7) is 4.33. The minimum absolute atomic E-state index is 0.532. The second kappa shape index (κ2) is 4.08. The molecule has 0 heterocycles. The largest absolute Gasteiger partial charge is 0.384 e. The van der Waals surface area contributed by atoms with Crippen LogP contribution in [-0.4, -0.2) is 12.9 Å². The number of aliphatic imine (C=N–C) groups is 1. The zero-order chi connectivity index (χ0) is 9.84. The van der Waals surface area contributed by atoms with Crippen LogP contribution in [0.2, 0.25) is 0 Å². The predicted molar refractivity (Wildman–Crippen MR) is 57.2 cm³/mol. The molecule has 2 heteroatoms. The Morgan fingerprint density at radius 3 is 2.62 bits per heavy atom. The maximum atomic E-state index is 5.71. The van der Waals surface area contributed by atoms with E-state index in [9.17, 15) is 0 Å². The highest BCUT2D eigenvalue weighted by Crippen LogP contribution is 2.15. The Balaban J connectivity index is 3.05. The molecule has 13 heavy (non-hydrogen) atoms. The Bertz CT molecular complexity index is 314. The monoisotopic (exact) mass is 176 g/mol. The van der Waals surface area contributed by atoms with Gasteiger partial charge in [0.15, 0.2) is 0 Å². The van der Waals surface area contributed by atoms with E-state index in [0.29, 0.717) is 11.8 Å². The average Bonchev–Trinajstić information content (AvgIpc) is 2.17. The first kappa shape index (κ1) is 9.78. The Labute approximate surface area is 79.5 Å². The molecule has 0 unspecified atom stereocenters. The Morgan fingerprint density at radius 1 is 1.38 bits per heavy atom. The summed E-state index contributed by atoms with van der Waals surface area (Å²) < 4.78 is 0. The fourth-order valence-electron chi connectivity index (χ4n) is 1.19. The molecule has 0 aliphatic rings. The van der Waals surface area contributed by atoms with E-state index < -0.39 is 0 Å². The summed E-state index contributed by atoms with van der Waals surface area (Å²) in [4.78, 5) is 3.95. The van der Waals surface area contributed by atoms with Gasteiger partial charge in [-0.25, -0.2) is 0 Å². The van der Waals surface area contributed by atoms with Gasteiger partial charge in [-0.1, -0.05) is 32.0 Å². The fraction of sp³-hybridized carbons (Fsp3) is 0.364. The molecule has 0 atom stereocenters. The molecule has 1 rings (SSSR count). The van der Waals surface area contributed by atoms with E-state index in [-0.39, 0.29) is 0 Å². The lowest BCUT2D eigenvalue weighted by Gasteiger charge is -2.07. The molecule has 0 fully saturated rings. The maximum absolute atomic E-state index is 5.71. The third kappa shape index (κ3) is 2.31. The SMILES string of the molecule is CN=C(N)c1cccc(C(C)C)c1. The predicted octanol–water partition coefficient (Wildman–Crippen LogP) is 2.15. The number of amidine groups is 1. The molecule has 0 amide bonds. The number of benzene rings is 1. The molecule has 0 radical (unpaired) electrons. The van der Waals surface area contributed by atoms with Crippen LogP contribution in [0.5, 0.6) is 0 Å². The summed E-state index contributed by atoms with van der Waals surface area (Å²) in [5.74, 6) is 1.13. The van der Waals surface area contributed by atoms with Gasteiger partial charge in [-0.15, -0.1) is 0 Å². The zero-order valence-electron chi connectivity index (χ0n) is 8.41. The maximum Gasteiger partial charge on any atom is 0.125 e. The second-order valence-electron chi connectivity index (χ2n) is 3.39. The minimum atomic E-state index is 0.532. The first-order valence-electron chi connectivity index (χ1n) is 4.47. The fourth-order valence-corrected chi connectivity index (χ4v) is 1.19. The van der Waals surface area contributed by atoms with E-state index in [4.69, 9.17) is 5.73 Å². The molecule has 0 saturated carbocycles. The standard InChI is InChI=1S/C11H16N2/c1-8(2)9-5-4-6-10(7-9)11(12)13-3/h4-8H,1-3H3,(H2,12,13). The molecule has 0 saturated heterocycles. The van der Waals surface area contributed by atoms with Gasteiger partial charge < -0.3 is 5.73 Å². The smallest absolute Gasteiger partial charge is 0.125 e. The van der Waals surface area contributed by atoms with Gasteiger partial charge in [0.1, 0.15) is 5.84 Å². The molecule has 0 bridgehead atoms. The van der Waals surface area contributed by atoms with Crippen LogP contribution in [0.3, 0.4) is 0 Å². The molecule has 0 aromatic heterocycles. The third-order valence-corrected chi connectivity index (χ3v) is 2.09. The van der Waals surface area contributed by atoms with E-state index in [2.05, 4.69) is 31.0 Å². The van der Waals surface area contributed by atoms with Crippen molar-refractivity contribution in [2.75, 3.05) is 7.05 Å². The second-order valence-corrected chi connectivity index (χ2v) is 3.39. The van der Waals surface area contributed by atoms with Gasteiger partial charge in [0, 0.05) is 12.6 Å². The van der Waals surface area contributed by atoms with Crippen molar-refractivity contribution in [1.82, 2.24) is 0 Å². The average molecular weight is 176 g/mol. The molecule has 70 valence electrons. The van der Waals surface area contributed by atoms with Gasteiger partial charge in [0.05, 0.1) is 0 Å². The molecule has 1 aromatic rings. The Kier molecular flexibility index (Phi) is 3.07. The van der Waals surface area contributed by atoms with Crippen LogP contribution < -0.4 is 5.73 Å². The van der Waals surface area contributed by atoms with Crippen molar-refractivity contribution in [1.29, 1.82) is 0 Å². The molecular weight excluding hydrogens is 160 g/mol. The Hall–Kier alpha value is -1.31. The topological polar surface area (TPSA) is 38.4 Å². The van der Waals surface area contributed by atoms with Gasteiger partial charge in [-0.2, -0.15) is 0 Å². The van der Waals surface area contributed by atoms with Crippen LogP contribution in [0.15, 0.2) is 29.3 Å². The summed E-state index contributed by atoms with van der Waals surface area (Å²) >= 11 is 0. The molecule has 1 aromatic carbocycles. The van der Waals surface area contributed by atoms with Crippen LogP contribution in [0.4, 0.5) is 0 Å².